The van der Waals surface area contributed by atoms with Crippen LogP contribution in [-0.4, -0.2) is 20.2 Å². The normalized spacial score (nSPS) is 35.5. The molecule has 0 radical (unpaired) electrons. The average molecular weight is 282 g/mol. The minimum atomic E-state index is -1.53. The molecule has 2 saturated carbocycles. The fourth-order valence-electron chi connectivity index (χ4n) is 4.35. The summed E-state index contributed by atoms with van der Waals surface area (Å²) in [6.45, 7) is 9.08. The van der Waals surface area contributed by atoms with Gasteiger partial charge in [0, 0.05) is 17.9 Å². The highest BCUT2D eigenvalue weighted by atomic mass is 28.4. The molecular weight excluding hydrogens is 252 g/mol. The van der Waals surface area contributed by atoms with Gasteiger partial charge in [0.1, 0.15) is 5.78 Å². The maximum atomic E-state index is 12.2. The van der Waals surface area contributed by atoms with Crippen LogP contribution in [0.25, 0.3) is 0 Å². The molecule has 0 amide bonds. The number of ketones is 1. The van der Waals surface area contributed by atoms with E-state index < -0.39 is 8.32 Å². The number of Topliss-reactive ketones (excluding diaryl/α,β-unsaturated/α-hetero) is 1. The SMILES string of the molecule is CC[Si](CC)(CC)OC1CCCC2(C)C(=O)CCC12. The summed E-state index contributed by atoms with van der Waals surface area (Å²) in [7, 11) is -1.53. The van der Waals surface area contributed by atoms with E-state index in [0.29, 0.717) is 17.8 Å². The van der Waals surface area contributed by atoms with E-state index in [4.69, 9.17) is 4.43 Å². The van der Waals surface area contributed by atoms with Crippen molar-refractivity contribution in [3.8, 4) is 0 Å². The summed E-state index contributed by atoms with van der Waals surface area (Å²) in [6.07, 6.45) is 5.68. The molecule has 2 nitrogen and oxygen atoms in total. The molecule has 0 spiro atoms. The molecule has 0 aromatic rings. The second kappa shape index (κ2) is 5.69. The van der Waals surface area contributed by atoms with Crippen LogP contribution in [0.1, 0.15) is 59.8 Å². The first-order valence-electron chi connectivity index (χ1n) is 8.22. The molecule has 3 atom stereocenters. The average Bonchev–Trinajstić information content (AvgIpc) is 2.73. The van der Waals surface area contributed by atoms with E-state index in [2.05, 4.69) is 27.7 Å². The van der Waals surface area contributed by atoms with E-state index in [1.807, 2.05) is 0 Å². The Morgan fingerprint density at radius 2 is 1.84 bits per heavy atom. The van der Waals surface area contributed by atoms with Crippen molar-refractivity contribution in [2.75, 3.05) is 0 Å². The molecular formula is C16H30O2Si. The Labute approximate surface area is 119 Å². The van der Waals surface area contributed by atoms with E-state index >= 15 is 0 Å². The third-order valence-electron chi connectivity index (χ3n) is 6.11. The molecule has 0 saturated heterocycles. The summed E-state index contributed by atoms with van der Waals surface area (Å²) < 4.78 is 6.74. The molecule has 2 aliphatic carbocycles. The maximum Gasteiger partial charge on any atom is 0.192 e. The van der Waals surface area contributed by atoms with E-state index in [0.717, 1.165) is 19.3 Å². The van der Waals surface area contributed by atoms with Gasteiger partial charge >= 0.3 is 0 Å². The molecule has 110 valence electrons. The highest BCUT2D eigenvalue weighted by Crippen LogP contribution is 2.51. The summed E-state index contributed by atoms with van der Waals surface area (Å²) in [5.74, 6) is 1.01. The van der Waals surface area contributed by atoms with Gasteiger partial charge in [-0.05, 0) is 49.7 Å². The molecule has 19 heavy (non-hydrogen) atoms. The number of carbonyl (C=O) groups excluding carboxylic acids is 1. The lowest BCUT2D eigenvalue weighted by Gasteiger charge is -2.44. The first kappa shape index (κ1) is 15.2. The summed E-state index contributed by atoms with van der Waals surface area (Å²) in [6, 6.07) is 3.65. The molecule has 3 heteroatoms. The Bertz CT molecular complexity index is 329. The monoisotopic (exact) mass is 282 g/mol. The number of carbonyl (C=O) groups is 1. The number of fused-ring (bicyclic) bond motifs is 1. The maximum absolute atomic E-state index is 12.2. The second-order valence-corrected chi connectivity index (χ2v) is 11.5. The molecule has 3 unspecified atom stereocenters. The molecule has 0 bridgehead atoms. The van der Waals surface area contributed by atoms with Gasteiger partial charge in [-0.25, -0.2) is 0 Å². The zero-order chi connectivity index (χ0) is 14.1. The molecule has 0 aromatic heterocycles. The van der Waals surface area contributed by atoms with Crippen molar-refractivity contribution >= 4 is 14.1 Å². The Kier molecular flexibility index (Phi) is 4.56. The zero-order valence-electron chi connectivity index (χ0n) is 13.1. The van der Waals surface area contributed by atoms with Gasteiger partial charge in [0.15, 0.2) is 8.32 Å². The Morgan fingerprint density at radius 1 is 1.21 bits per heavy atom. The molecule has 0 N–H and O–H groups in total. The third kappa shape index (κ3) is 2.56. The molecule has 2 aliphatic rings. The van der Waals surface area contributed by atoms with Gasteiger partial charge in [-0.2, -0.15) is 0 Å². The van der Waals surface area contributed by atoms with Gasteiger partial charge in [-0.15, -0.1) is 0 Å². The third-order valence-corrected chi connectivity index (χ3v) is 10.8. The van der Waals surface area contributed by atoms with Gasteiger partial charge in [0.25, 0.3) is 0 Å². The predicted octanol–water partition coefficient (Wildman–Crippen LogP) is 4.55. The molecule has 2 rings (SSSR count). The van der Waals surface area contributed by atoms with Crippen LogP contribution in [0.5, 0.6) is 0 Å². The fourth-order valence-corrected chi connectivity index (χ4v) is 7.28. The smallest absolute Gasteiger partial charge is 0.192 e. The number of hydrogen-bond donors (Lipinski definition) is 0. The minimum Gasteiger partial charge on any atom is -0.414 e. The highest BCUT2D eigenvalue weighted by molar-refractivity contribution is 6.73. The van der Waals surface area contributed by atoms with Gasteiger partial charge in [0.2, 0.25) is 0 Å². The van der Waals surface area contributed by atoms with Crippen LogP contribution in [-0.2, 0) is 9.22 Å². The Morgan fingerprint density at radius 3 is 2.42 bits per heavy atom. The standard InChI is InChI=1S/C16H30O2Si/c1-5-19(6-2,7-3)18-14-9-8-12-16(4)13(14)10-11-15(16)17/h13-14H,5-12H2,1-4H3. The summed E-state index contributed by atoms with van der Waals surface area (Å²) in [5.41, 5.74) is -0.0573. The van der Waals surface area contributed by atoms with E-state index in [9.17, 15) is 4.79 Å². The topological polar surface area (TPSA) is 26.3 Å². The minimum absolute atomic E-state index is 0.0573. The van der Waals surface area contributed by atoms with Crippen LogP contribution >= 0.6 is 0 Å². The number of hydrogen-bond acceptors (Lipinski definition) is 2. The van der Waals surface area contributed by atoms with Crippen LogP contribution in [0.2, 0.25) is 18.1 Å². The Balaban J connectivity index is 2.14. The van der Waals surface area contributed by atoms with Crippen molar-refractivity contribution in [3.05, 3.63) is 0 Å². The van der Waals surface area contributed by atoms with Crippen LogP contribution in [0, 0.1) is 11.3 Å². The van der Waals surface area contributed by atoms with Crippen molar-refractivity contribution in [3.63, 3.8) is 0 Å². The van der Waals surface area contributed by atoms with E-state index in [1.165, 1.54) is 31.0 Å². The zero-order valence-corrected chi connectivity index (χ0v) is 14.1. The van der Waals surface area contributed by atoms with Gasteiger partial charge in [-0.1, -0.05) is 27.7 Å². The number of rotatable bonds is 5. The largest absolute Gasteiger partial charge is 0.414 e. The first-order valence-corrected chi connectivity index (χ1v) is 10.8. The fraction of sp³-hybridized carbons (Fsp3) is 0.938. The van der Waals surface area contributed by atoms with Crippen LogP contribution in [0.3, 0.4) is 0 Å². The van der Waals surface area contributed by atoms with Crippen LogP contribution < -0.4 is 0 Å². The molecule has 0 aromatic carbocycles. The van der Waals surface area contributed by atoms with Crippen molar-refractivity contribution in [1.82, 2.24) is 0 Å². The van der Waals surface area contributed by atoms with Gasteiger partial charge in [-0.3, -0.25) is 4.79 Å². The first-order chi connectivity index (χ1) is 9.01. The molecule has 0 heterocycles. The lowest BCUT2D eigenvalue weighted by Crippen LogP contribution is -2.48. The van der Waals surface area contributed by atoms with Crippen molar-refractivity contribution in [2.45, 2.75) is 84.0 Å². The summed E-state index contributed by atoms with van der Waals surface area (Å²) in [5, 5.41) is 0. The predicted molar refractivity (Wildman–Crippen MR) is 81.8 cm³/mol. The van der Waals surface area contributed by atoms with Crippen LogP contribution in [0.15, 0.2) is 0 Å². The Hall–Kier alpha value is -0.153. The quantitative estimate of drug-likeness (QED) is 0.692. The summed E-state index contributed by atoms with van der Waals surface area (Å²) in [4.78, 5) is 12.2. The van der Waals surface area contributed by atoms with Crippen molar-refractivity contribution in [2.24, 2.45) is 11.3 Å². The van der Waals surface area contributed by atoms with Crippen molar-refractivity contribution in [1.29, 1.82) is 0 Å². The van der Waals surface area contributed by atoms with Crippen LogP contribution in [0.4, 0.5) is 0 Å². The van der Waals surface area contributed by atoms with Gasteiger partial charge in [0.05, 0.1) is 0 Å². The summed E-state index contributed by atoms with van der Waals surface area (Å²) >= 11 is 0. The molecule has 2 fully saturated rings. The van der Waals surface area contributed by atoms with E-state index in [-0.39, 0.29) is 5.41 Å². The van der Waals surface area contributed by atoms with Gasteiger partial charge < -0.3 is 4.43 Å². The highest BCUT2D eigenvalue weighted by Gasteiger charge is 2.52. The van der Waals surface area contributed by atoms with Crippen molar-refractivity contribution < 1.29 is 9.22 Å². The van der Waals surface area contributed by atoms with E-state index in [1.54, 1.807) is 0 Å². The lowest BCUT2D eigenvalue weighted by atomic mass is 9.68. The lowest BCUT2D eigenvalue weighted by molar-refractivity contribution is -0.130. The molecule has 0 aliphatic heterocycles. The second-order valence-electron chi connectivity index (χ2n) is 6.78.